The molecule has 0 aliphatic carbocycles. The summed E-state index contributed by atoms with van der Waals surface area (Å²) in [6, 6.07) is 6.41. The van der Waals surface area contributed by atoms with Crippen molar-refractivity contribution >= 4 is 16.0 Å². The van der Waals surface area contributed by atoms with Gasteiger partial charge < -0.3 is 9.47 Å². The zero-order valence-electron chi connectivity index (χ0n) is 14.6. The Kier molecular flexibility index (Phi) is 5.61. The maximum absolute atomic E-state index is 13.8. The van der Waals surface area contributed by atoms with Crippen LogP contribution >= 0.6 is 0 Å². The molecule has 3 rings (SSSR count). The molecule has 150 valence electrons. The zero-order chi connectivity index (χ0) is 20.5. The van der Waals surface area contributed by atoms with Crippen LogP contribution in [0.25, 0.3) is 0 Å². The minimum atomic E-state index is -4.37. The molecule has 0 radical (unpaired) electrons. The average molecular weight is 415 g/mol. The number of carbonyl (C=O) groups is 1. The molecular formula is C18H16F3NO5S. The Balaban J connectivity index is 1.91. The molecule has 2 aromatic carbocycles. The Hall–Kier alpha value is -2.59. The topological polar surface area (TPSA) is 72.9 Å². The summed E-state index contributed by atoms with van der Waals surface area (Å²) in [5.74, 6) is -4.12. The SMILES string of the molecule is COC(=O)C1CC(Oc2ccccc2F)CN1S(=O)(=O)c1ccc(F)c(F)c1. The van der Waals surface area contributed by atoms with Crippen LogP contribution in [0.1, 0.15) is 6.42 Å². The molecule has 0 spiro atoms. The quantitative estimate of drug-likeness (QED) is 0.702. The molecule has 2 atom stereocenters. The number of nitrogens with zero attached hydrogens (tertiary/aromatic N) is 1. The number of benzene rings is 2. The number of hydrogen-bond donors (Lipinski definition) is 0. The largest absolute Gasteiger partial charge is 0.486 e. The molecule has 10 heteroatoms. The van der Waals surface area contributed by atoms with Gasteiger partial charge in [0.1, 0.15) is 12.1 Å². The Morgan fingerprint density at radius 2 is 1.79 bits per heavy atom. The van der Waals surface area contributed by atoms with E-state index in [0.29, 0.717) is 12.1 Å². The minimum Gasteiger partial charge on any atom is -0.486 e. The maximum atomic E-state index is 13.8. The third-order valence-electron chi connectivity index (χ3n) is 4.32. The molecule has 2 unspecified atom stereocenters. The summed E-state index contributed by atoms with van der Waals surface area (Å²) in [5.41, 5.74) is 0. The van der Waals surface area contributed by atoms with E-state index in [9.17, 15) is 26.4 Å². The fraction of sp³-hybridized carbons (Fsp3) is 0.278. The number of methoxy groups -OCH3 is 1. The van der Waals surface area contributed by atoms with Gasteiger partial charge in [0.2, 0.25) is 10.0 Å². The van der Waals surface area contributed by atoms with Gasteiger partial charge >= 0.3 is 5.97 Å². The van der Waals surface area contributed by atoms with E-state index in [4.69, 9.17) is 4.74 Å². The average Bonchev–Trinajstić information content (AvgIpc) is 3.10. The number of rotatable bonds is 5. The molecule has 1 aliphatic heterocycles. The van der Waals surface area contributed by atoms with Gasteiger partial charge in [-0.2, -0.15) is 4.31 Å². The summed E-state index contributed by atoms with van der Waals surface area (Å²) in [6.45, 7) is -0.296. The summed E-state index contributed by atoms with van der Waals surface area (Å²) in [5, 5.41) is 0. The highest BCUT2D eigenvalue weighted by Gasteiger charge is 2.46. The van der Waals surface area contributed by atoms with Crippen LogP contribution in [0.2, 0.25) is 0 Å². The van der Waals surface area contributed by atoms with Crippen LogP contribution in [-0.4, -0.2) is 44.5 Å². The fourth-order valence-electron chi connectivity index (χ4n) is 2.96. The van der Waals surface area contributed by atoms with E-state index in [2.05, 4.69) is 4.74 Å². The monoisotopic (exact) mass is 415 g/mol. The van der Waals surface area contributed by atoms with Crippen molar-refractivity contribution in [3.8, 4) is 5.75 Å². The second kappa shape index (κ2) is 7.80. The van der Waals surface area contributed by atoms with Crippen molar-refractivity contribution in [3.05, 3.63) is 59.9 Å². The number of ether oxygens (including phenoxy) is 2. The molecule has 1 fully saturated rings. The van der Waals surface area contributed by atoms with Crippen LogP contribution in [0, 0.1) is 17.5 Å². The van der Waals surface area contributed by atoms with Crippen molar-refractivity contribution in [2.45, 2.75) is 23.5 Å². The lowest BCUT2D eigenvalue weighted by molar-refractivity contribution is -0.144. The van der Waals surface area contributed by atoms with Crippen LogP contribution < -0.4 is 4.74 Å². The highest BCUT2D eigenvalue weighted by molar-refractivity contribution is 7.89. The Morgan fingerprint density at radius 3 is 2.43 bits per heavy atom. The molecule has 1 aliphatic rings. The van der Waals surface area contributed by atoms with Gasteiger partial charge in [0.25, 0.3) is 0 Å². The van der Waals surface area contributed by atoms with E-state index in [-0.39, 0.29) is 18.7 Å². The molecule has 0 aromatic heterocycles. The van der Waals surface area contributed by atoms with Crippen molar-refractivity contribution in [1.82, 2.24) is 4.31 Å². The van der Waals surface area contributed by atoms with E-state index in [0.717, 1.165) is 17.5 Å². The van der Waals surface area contributed by atoms with Gasteiger partial charge in [-0.25, -0.2) is 21.6 Å². The molecule has 0 amide bonds. The Bertz CT molecular complexity index is 998. The predicted molar refractivity (Wildman–Crippen MR) is 91.5 cm³/mol. The number of esters is 1. The highest BCUT2D eigenvalue weighted by atomic mass is 32.2. The van der Waals surface area contributed by atoms with E-state index in [1.165, 1.54) is 18.2 Å². The number of halogens is 3. The molecule has 0 N–H and O–H groups in total. The van der Waals surface area contributed by atoms with Crippen LogP contribution in [0.15, 0.2) is 47.4 Å². The van der Waals surface area contributed by atoms with Gasteiger partial charge in [-0.05, 0) is 30.3 Å². The van der Waals surface area contributed by atoms with Gasteiger partial charge in [-0.1, -0.05) is 12.1 Å². The normalized spacial score (nSPS) is 20.1. The maximum Gasteiger partial charge on any atom is 0.324 e. The van der Waals surface area contributed by atoms with Crippen molar-refractivity contribution in [1.29, 1.82) is 0 Å². The number of carbonyl (C=O) groups excluding carboxylic acids is 1. The van der Waals surface area contributed by atoms with E-state index >= 15 is 0 Å². The van der Waals surface area contributed by atoms with Gasteiger partial charge in [0.15, 0.2) is 23.2 Å². The van der Waals surface area contributed by atoms with Gasteiger partial charge in [0.05, 0.1) is 18.6 Å². The second-order valence-electron chi connectivity index (χ2n) is 6.10. The van der Waals surface area contributed by atoms with Crippen molar-refractivity contribution in [3.63, 3.8) is 0 Å². The first-order chi connectivity index (χ1) is 13.2. The highest BCUT2D eigenvalue weighted by Crippen LogP contribution is 2.30. The molecule has 28 heavy (non-hydrogen) atoms. The molecule has 2 aromatic rings. The minimum absolute atomic E-state index is 0.0933. The van der Waals surface area contributed by atoms with E-state index in [1.54, 1.807) is 6.07 Å². The van der Waals surface area contributed by atoms with Crippen LogP contribution in [-0.2, 0) is 19.6 Å². The third-order valence-corrected chi connectivity index (χ3v) is 6.19. The second-order valence-corrected chi connectivity index (χ2v) is 7.99. The number of hydrogen-bond acceptors (Lipinski definition) is 5. The van der Waals surface area contributed by atoms with Crippen molar-refractivity contribution < 1.29 is 35.9 Å². The summed E-state index contributed by atoms with van der Waals surface area (Å²) >= 11 is 0. The molecule has 0 saturated carbocycles. The first-order valence-electron chi connectivity index (χ1n) is 8.20. The van der Waals surface area contributed by atoms with Gasteiger partial charge in [-0.3, -0.25) is 4.79 Å². The predicted octanol–water partition coefficient (Wildman–Crippen LogP) is 2.49. The van der Waals surface area contributed by atoms with Crippen molar-refractivity contribution in [2.24, 2.45) is 0 Å². The molecule has 0 bridgehead atoms. The van der Waals surface area contributed by atoms with E-state index < -0.39 is 50.5 Å². The van der Waals surface area contributed by atoms with Crippen LogP contribution in [0.3, 0.4) is 0 Å². The Morgan fingerprint density at radius 1 is 1.07 bits per heavy atom. The summed E-state index contributed by atoms with van der Waals surface area (Å²) in [4.78, 5) is 11.6. The third kappa shape index (κ3) is 3.83. The lowest BCUT2D eigenvalue weighted by atomic mass is 10.2. The molecular weight excluding hydrogens is 399 g/mol. The summed E-state index contributed by atoms with van der Waals surface area (Å²) in [6.07, 6.45) is -0.940. The molecule has 1 heterocycles. The smallest absolute Gasteiger partial charge is 0.324 e. The van der Waals surface area contributed by atoms with Crippen LogP contribution in [0.5, 0.6) is 5.75 Å². The van der Waals surface area contributed by atoms with E-state index in [1.807, 2.05) is 0 Å². The standard InChI is InChI=1S/C18H16F3NO5S/c1-26-18(23)16-8-11(27-17-5-3-2-4-14(17)20)10-22(16)28(24,25)12-6-7-13(19)15(21)9-12/h2-7,9,11,16H,8,10H2,1H3. The first-order valence-corrected chi connectivity index (χ1v) is 9.64. The first kappa shape index (κ1) is 20.2. The summed E-state index contributed by atoms with van der Waals surface area (Å²) in [7, 11) is -3.27. The number of sulfonamides is 1. The fourth-order valence-corrected chi connectivity index (χ4v) is 4.60. The van der Waals surface area contributed by atoms with Crippen LogP contribution in [0.4, 0.5) is 13.2 Å². The number of para-hydroxylation sites is 1. The zero-order valence-corrected chi connectivity index (χ0v) is 15.5. The summed E-state index contributed by atoms with van der Waals surface area (Å²) < 4.78 is 77.2. The van der Waals surface area contributed by atoms with Crippen molar-refractivity contribution in [2.75, 3.05) is 13.7 Å². The lowest BCUT2D eigenvalue weighted by Crippen LogP contribution is -2.41. The van der Waals surface area contributed by atoms with Gasteiger partial charge in [-0.15, -0.1) is 0 Å². The molecule has 6 nitrogen and oxygen atoms in total. The Labute approximate surface area is 159 Å². The van der Waals surface area contributed by atoms with Gasteiger partial charge in [0, 0.05) is 6.42 Å². The molecule has 1 saturated heterocycles. The lowest BCUT2D eigenvalue weighted by Gasteiger charge is -2.21.